The van der Waals surface area contributed by atoms with E-state index in [4.69, 9.17) is 26.1 Å². The highest BCUT2D eigenvalue weighted by Gasteiger charge is 2.43. The van der Waals surface area contributed by atoms with Crippen molar-refractivity contribution in [3.05, 3.63) is 70.2 Å². The molecule has 2 atom stereocenters. The third-order valence-electron chi connectivity index (χ3n) is 5.32. The van der Waals surface area contributed by atoms with Crippen molar-refractivity contribution in [2.24, 2.45) is 21.4 Å². The first kappa shape index (κ1) is 24.3. The standard InChI is InChI=1S/C24H27ClN4O4/c1-15(22(28-31-3)21-13-20(21)16-9-11-18(25)12-10-16)27-33-14-17-7-5-6-8-19(17)23(29-32-4)24(30)26-2/h5-12,20-21H,13-14H2,1-4H3,(H,26,30)/t20-,21+/m0/s1. The lowest BCUT2D eigenvalue weighted by Crippen LogP contribution is -2.29. The van der Waals surface area contributed by atoms with Gasteiger partial charge in [-0.25, -0.2) is 0 Å². The second kappa shape index (κ2) is 11.5. The summed E-state index contributed by atoms with van der Waals surface area (Å²) in [6.07, 6.45) is 0.947. The molecule has 0 unspecified atom stereocenters. The molecular formula is C24H27ClN4O4. The highest BCUT2D eigenvalue weighted by Crippen LogP contribution is 2.48. The first-order valence-electron chi connectivity index (χ1n) is 10.4. The second-order valence-electron chi connectivity index (χ2n) is 7.47. The number of carbonyl (C=O) groups is 1. The van der Waals surface area contributed by atoms with Crippen molar-refractivity contribution in [3.8, 4) is 0 Å². The maximum Gasteiger partial charge on any atom is 0.273 e. The van der Waals surface area contributed by atoms with Crippen LogP contribution in [0.4, 0.5) is 0 Å². The van der Waals surface area contributed by atoms with Gasteiger partial charge in [-0.15, -0.1) is 0 Å². The van der Waals surface area contributed by atoms with E-state index in [0.29, 0.717) is 22.2 Å². The van der Waals surface area contributed by atoms with Gasteiger partial charge in [0.25, 0.3) is 5.91 Å². The lowest BCUT2D eigenvalue weighted by Gasteiger charge is -2.10. The highest BCUT2D eigenvalue weighted by atomic mass is 35.5. The Labute approximate surface area is 198 Å². The molecule has 0 aliphatic heterocycles. The number of nitrogens with one attached hydrogen (secondary N) is 1. The monoisotopic (exact) mass is 470 g/mol. The molecule has 1 amide bonds. The normalized spacial score (nSPS) is 18.5. The van der Waals surface area contributed by atoms with Gasteiger partial charge in [0.2, 0.25) is 0 Å². The van der Waals surface area contributed by atoms with Gasteiger partial charge in [-0.1, -0.05) is 63.5 Å². The molecule has 1 fully saturated rings. The van der Waals surface area contributed by atoms with E-state index in [1.165, 1.54) is 26.8 Å². The van der Waals surface area contributed by atoms with Crippen LogP contribution >= 0.6 is 11.6 Å². The van der Waals surface area contributed by atoms with Gasteiger partial charge in [0.15, 0.2) is 5.71 Å². The van der Waals surface area contributed by atoms with E-state index in [0.717, 1.165) is 17.7 Å². The van der Waals surface area contributed by atoms with Crippen LogP contribution in [0.3, 0.4) is 0 Å². The number of oxime groups is 3. The fraction of sp³-hybridized carbons (Fsp3) is 0.333. The Bertz CT molecular complexity index is 1070. The molecule has 1 aliphatic rings. The van der Waals surface area contributed by atoms with Gasteiger partial charge in [0.1, 0.15) is 32.2 Å². The van der Waals surface area contributed by atoms with Gasteiger partial charge in [-0.2, -0.15) is 0 Å². The minimum atomic E-state index is -0.361. The molecule has 3 rings (SSSR count). The van der Waals surface area contributed by atoms with Gasteiger partial charge in [-0.05, 0) is 37.0 Å². The van der Waals surface area contributed by atoms with Crippen LogP contribution in [0.25, 0.3) is 0 Å². The van der Waals surface area contributed by atoms with E-state index in [1.54, 1.807) is 6.07 Å². The molecule has 2 aromatic carbocycles. The molecule has 0 saturated heterocycles. The van der Waals surface area contributed by atoms with Crippen molar-refractivity contribution in [2.75, 3.05) is 21.3 Å². The Hall–Kier alpha value is -3.39. The highest BCUT2D eigenvalue weighted by molar-refractivity contribution is 6.45. The van der Waals surface area contributed by atoms with Gasteiger partial charge >= 0.3 is 0 Å². The summed E-state index contributed by atoms with van der Waals surface area (Å²) in [4.78, 5) is 27.8. The number of hydrogen-bond donors (Lipinski definition) is 1. The third kappa shape index (κ3) is 6.10. The van der Waals surface area contributed by atoms with Crippen molar-refractivity contribution in [1.29, 1.82) is 0 Å². The predicted molar refractivity (Wildman–Crippen MR) is 129 cm³/mol. The van der Waals surface area contributed by atoms with Crippen LogP contribution in [0.15, 0.2) is 64.0 Å². The van der Waals surface area contributed by atoms with Gasteiger partial charge in [0.05, 0.1) is 0 Å². The summed E-state index contributed by atoms with van der Waals surface area (Å²) in [6, 6.07) is 15.1. The Kier molecular flexibility index (Phi) is 8.43. The van der Waals surface area contributed by atoms with E-state index >= 15 is 0 Å². The molecule has 9 heteroatoms. The first-order valence-corrected chi connectivity index (χ1v) is 10.8. The molecule has 1 aliphatic carbocycles. The number of likely N-dealkylation sites (N-methyl/N-ethyl adjacent to an activating group) is 1. The minimum absolute atomic E-state index is 0.138. The smallest absolute Gasteiger partial charge is 0.273 e. The molecule has 0 radical (unpaired) electrons. The Morgan fingerprint density at radius 1 is 1.06 bits per heavy atom. The SMILES string of the molecule is CNC(=O)C(=NOC)c1ccccc1CON=C(C)C(=NOC)[C@@H]1C[C@H]1c1ccc(Cl)cc1. The zero-order valence-corrected chi connectivity index (χ0v) is 19.8. The zero-order valence-electron chi connectivity index (χ0n) is 19.0. The van der Waals surface area contributed by atoms with Gasteiger partial charge < -0.3 is 19.8 Å². The average molecular weight is 471 g/mol. The van der Waals surface area contributed by atoms with E-state index in [-0.39, 0.29) is 24.1 Å². The first-order chi connectivity index (χ1) is 16.0. The average Bonchev–Trinajstić information content (AvgIpc) is 3.62. The molecule has 1 N–H and O–H groups in total. The van der Waals surface area contributed by atoms with Crippen LogP contribution < -0.4 is 5.32 Å². The lowest BCUT2D eigenvalue weighted by atomic mass is 10.0. The van der Waals surface area contributed by atoms with Crippen molar-refractivity contribution < 1.29 is 19.3 Å². The molecule has 2 aromatic rings. The predicted octanol–water partition coefficient (Wildman–Crippen LogP) is 4.14. The fourth-order valence-corrected chi connectivity index (χ4v) is 3.75. The van der Waals surface area contributed by atoms with Crippen LogP contribution in [-0.4, -0.2) is 44.3 Å². The van der Waals surface area contributed by atoms with E-state index in [1.807, 2.05) is 49.4 Å². The summed E-state index contributed by atoms with van der Waals surface area (Å²) in [5, 5.41) is 15.6. The fourth-order valence-electron chi connectivity index (χ4n) is 3.62. The van der Waals surface area contributed by atoms with Crippen molar-refractivity contribution in [3.63, 3.8) is 0 Å². The number of hydrogen-bond acceptors (Lipinski definition) is 7. The van der Waals surface area contributed by atoms with E-state index in [9.17, 15) is 4.79 Å². The second-order valence-corrected chi connectivity index (χ2v) is 7.90. The molecular weight excluding hydrogens is 444 g/mol. The lowest BCUT2D eigenvalue weighted by molar-refractivity contribution is -0.114. The zero-order chi connectivity index (χ0) is 23.8. The van der Waals surface area contributed by atoms with Crippen molar-refractivity contribution in [2.45, 2.75) is 25.9 Å². The van der Waals surface area contributed by atoms with Crippen LogP contribution in [0.2, 0.25) is 5.02 Å². The summed E-state index contributed by atoms with van der Waals surface area (Å²) in [5.41, 5.74) is 4.08. The number of rotatable bonds is 10. The Morgan fingerprint density at radius 2 is 1.76 bits per heavy atom. The number of amides is 1. The molecule has 0 spiro atoms. The molecule has 1 saturated carbocycles. The maximum atomic E-state index is 12.2. The summed E-state index contributed by atoms with van der Waals surface area (Å²) in [6.45, 7) is 1.97. The quantitative estimate of drug-likeness (QED) is 0.417. The number of nitrogens with zero attached hydrogens (tertiary/aromatic N) is 3. The Morgan fingerprint density at radius 3 is 2.42 bits per heavy atom. The van der Waals surface area contributed by atoms with Crippen molar-refractivity contribution in [1.82, 2.24) is 5.32 Å². The molecule has 174 valence electrons. The summed E-state index contributed by atoms with van der Waals surface area (Å²) in [5.74, 6) is 0.169. The molecule has 33 heavy (non-hydrogen) atoms. The summed E-state index contributed by atoms with van der Waals surface area (Å²) >= 11 is 6.00. The molecule has 0 aromatic heterocycles. The van der Waals surface area contributed by atoms with Crippen LogP contribution in [0.1, 0.15) is 36.0 Å². The summed E-state index contributed by atoms with van der Waals surface area (Å²) < 4.78 is 0. The number of carbonyl (C=O) groups excluding carboxylic acids is 1. The molecule has 0 bridgehead atoms. The molecule has 8 nitrogen and oxygen atoms in total. The van der Waals surface area contributed by atoms with Gasteiger partial charge in [0, 0.05) is 29.1 Å². The van der Waals surface area contributed by atoms with Crippen LogP contribution in [0.5, 0.6) is 0 Å². The van der Waals surface area contributed by atoms with Crippen molar-refractivity contribution >= 4 is 34.6 Å². The minimum Gasteiger partial charge on any atom is -0.399 e. The van der Waals surface area contributed by atoms with Gasteiger partial charge in [-0.3, -0.25) is 4.79 Å². The third-order valence-corrected chi connectivity index (χ3v) is 5.57. The van der Waals surface area contributed by atoms with E-state index < -0.39 is 0 Å². The summed E-state index contributed by atoms with van der Waals surface area (Å²) in [7, 11) is 4.44. The largest absolute Gasteiger partial charge is 0.399 e. The van der Waals surface area contributed by atoms with Crippen LogP contribution in [0, 0.1) is 5.92 Å². The number of benzene rings is 2. The Balaban J connectivity index is 1.72. The van der Waals surface area contributed by atoms with Crippen LogP contribution in [-0.2, 0) is 25.9 Å². The molecule has 0 heterocycles. The number of halogens is 1. The van der Waals surface area contributed by atoms with E-state index in [2.05, 4.69) is 20.8 Å². The topological polar surface area (TPSA) is 93.9 Å². The maximum absolute atomic E-state index is 12.2.